The number of carbonyl (C=O) groups excluding carboxylic acids is 2. The summed E-state index contributed by atoms with van der Waals surface area (Å²) in [6.45, 7) is 3.91. The van der Waals surface area contributed by atoms with Gasteiger partial charge in [-0.1, -0.05) is 19.4 Å². The summed E-state index contributed by atoms with van der Waals surface area (Å²) in [6.07, 6.45) is -1.98. The summed E-state index contributed by atoms with van der Waals surface area (Å²) < 4.78 is 65.7. The van der Waals surface area contributed by atoms with E-state index >= 15 is 0 Å². The van der Waals surface area contributed by atoms with E-state index in [2.05, 4.69) is 6.92 Å². The Bertz CT molecular complexity index is 1010. The van der Waals surface area contributed by atoms with Crippen molar-refractivity contribution < 1.29 is 23.9 Å². The third kappa shape index (κ3) is 2.28. The van der Waals surface area contributed by atoms with Gasteiger partial charge in [-0.3, -0.25) is 9.59 Å². The molecule has 5 aliphatic rings. The molecule has 0 bridgehead atoms. The molecular weight excluding hydrogens is 356 g/mol. The highest BCUT2D eigenvalue weighted by molar-refractivity contribution is 7.99. The molecule has 5 rings (SSSR count). The van der Waals surface area contributed by atoms with Crippen LogP contribution in [0.25, 0.3) is 0 Å². The first-order valence-corrected chi connectivity index (χ1v) is 11.3. The van der Waals surface area contributed by atoms with E-state index in [1.165, 1.54) is 11.8 Å². The van der Waals surface area contributed by atoms with Crippen LogP contribution in [0.4, 0.5) is 0 Å². The molecule has 1 aliphatic heterocycles. The monoisotopic (exact) mass is 395 g/mol. The highest BCUT2D eigenvalue weighted by Crippen LogP contribution is 2.70. The Morgan fingerprint density at radius 2 is 1.93 bits per heavy atom. The SMILES string of the molecule is [2H]C1=C2C([2H])([2H])[C@@H](SC)[C@@H]3[C@H](CC[C@@]4(C)[C@H]3CC[C@@]43CC([2H])([2H])C(=O)O3)[C@@]2(C)CC([2H])([2H])C1=O. The largest absolute Gasteiger partial charge is 0.458 e. The Balaban J connectivity index is 1.65. The molecule has 0 aromatic carbocycles. The quantitative estimate of drug-likeness (QED) is 0.590. The first kappa shape index (κ1) is 12.0. The van der Waals surface area contributed by atoms with Gasteiger partial charge in [0.05, 0.1) is 1.37 Å². The van der Waals surface area contributed by atoms with Crippen molar-refractivity contribution >= 4 is 23.5 Å². The van der Waals surface area contributed by atoms with E-state index in [4.69, 9.17) is 14.3 Å². The van der Waals surface area contributed by atoms with E-state index in [9.17, 15) is 9.59 Å². The first-order chi connectivity index (χ1) is 15.5. The van der Waals surface area contributed by atoms with E-state index in [1.807, 2.05) is 13.2 Å². The number of hydrogen-bond acceptors (Lipinski definition) is 4. The van der Waals surface area contributed by atoms with Gasteiger partial charge in [-0.05, 0) is 80.4 Å². The lowest BCUT2D eigenvalue weighted by atomic mass is 9.46. The zero-order valence-electron chi connectivity index (χ0n) is 23.2. The number of esters is 1. The number of allylic oxidation sites excluding steroid dienone is 1. The summed E-state index contributed by atoms with van der Waals surface area (Å²) in [5.41, 5.74) is -2.23. The van der Waals surface area contributed by atoms with Crippen LogP contribution in [-0.2, 0) is 14.3 Å². The lowest BCUT2D eigenvalue weighted by Crippen LogP contribution is -2.57. The lowest BCUT2D eigenvalue weighted by molar-refractivity contribution is -0.167. The van der Waals surface area contributed by atoms with Crippen LogP contribution in [0.1, 0.15) is 81.1 Å². The van der Waals surface area contributed by atoms with E-state index in [1.54, 1.807) is 0 Å². The maximum Gasteiger partial charge on any atom is 0.306 e. The number of hydrogen-bond donors (Lipinski definition) is 0. The van der Waals surface area contributed by atoms with E-state index in [0.717, 1.165) is 0 Å². The summed E-state index contributed by atoms with van der Waals surface area (Å²) in [5, 5.41) is -0.536. The highest BCUT2D eigenvalue weighted by Gasteiger charge is 2.68. The fraction of sp³-hybridized carbons (Fsp3) is 0.826. The third-order valence-electron chi connectivity index (χ3n) is 8.56. The molecule has 0 aromatic heterocycles. The van der Waals surface area contributed by atoms with Crippen molar-refractivity contribution in [1.29, 1.82) is 0 Å². The number of fused-ring (bicyclic) bond motifs is 6. The lowest BCUT2D eigenvalue weighted by Gasteiger charge is -2.61. The smallest absolute Gasteiger partial charge is 0.306 e. The fourth-order valence-corrected chi connectivity index (χ4v) is 7.93. The van der Waals surface area contributed by atoms with Crippen molar-refractivity contribution in [2.24, 2.45) is 28.6 Å². The first-order valence-electron chi connectivity index (χ1n) is 13.5. The van der Waals surface area contributed by atoms with Gasteiger partial charge in [0.2, 0.25) is 0 Å². The fourth-order valence-electron chi connectivity index (χ4n) is 7.00. The normalized spacial score (nSPS) is 61.2. The summed E-state index contributed by atoms with van der Waals surface area (Å²) in [7, 11) is 0. The maximum atomic E-state index is 12.7. The second kappa shape index (κ2) is 5.87. The van der Waals surface area contributed by atoms with Crippen LogP contribution in [0.5, 0.6) is 0 Å². The zero-order valence-corrected chi connectivity index (χ0v) is 17.0. The molecule has 4 heteroatoms. The molecule has 0 amide bonds. The average Bonchev–Trinajstić information content (AvgIpc) is 3.10. The van der Waals surface area contributed by atoms with E-state index < -0.39 is 58.6 Å². The number of ketones is 1. The van der Waals surface area contributed by atoms with E-state index in [0.29, 0.717) is 25.7 Å². The number of carbonyl (C=O) groups is 2. The van der Waals surface area contributed by atoms with Crippen molar-refractivity contribution in [3.63, 3.8) is 0 Å². The Hall–Kier alpha value is -0.770. The Morgan fingerprint density at radius 1 is 1.15 bits per heavy atom. The molecule has 1 heterocycles. The predicted octanol–water partition coefficient (Wildman–Crippen LogP) is 4.94. The Kier molecular flexibility index (Phi) is 2.62. The molecule has 1 spiro atoms. The number of rotatable bonds is 1. The van der Waals surface area contributed by atoms with Gasteiger partial charge in [-0.25, -0.2) is 0 Å². The van der Waals surface area contributed by atoms with Crippen molar-refractivity contribution in [3.8, 4) is 0 Å². The van der Waals surface area contributed by atoms with Gasteiger partial charge in [-0.2, -0.15) is 11.8 Å². The summed E-state index contributed by atoms with van der Waals surface area (Å²) >= 11 is 1.40. The van der Waals surface area contributed by atoms with Crippen molar-refractivity contribution in [2.75, 3.05) is 6.26 Å². The molecule has 0 N–H and O–H groups in total. The molecule has 0 unspecified atom stereocenters. The van der Waals surface area contributed by atoms with Crippen molar-refractivity contribution in [1.82, 2.24) is 0 Å². The minimum atomic E-state index is -2.21. The van der Waals surface area contributed by atoms with Crippen molar-refractivity contribution in [3.05, 3.63) is 11.6 Å². The molecule has 4 fully saturated rings. The van der Waals surface area contributed by atoms with Crippen LogP contribution in [0.2, 0.25) is 0 Å². The number of ether oxygens (including phenoxy) is 1. The number of thioether (sulfide) groups is 1. The molecule has 3 nitrogen and oxygen atoms in total. The molecule has 3 saturated carbocycles. The van der Waals surface area contributed by atoms with Crippen LogP contribution < -0.4 is 0 Å². The van der Waals surface area contributed by atoms with Gasteiger partial charge in [-0.15, -0.1) is 0 Å². The van der Waals surface area contributed by atoms with Gasteiger partial charge in [0.1, 0.15) is 5.60 Å². The molecule has 4 aliphatic carbocycles. The molecule has 27 heavy (non-hydrogen) atoms. The summed E-state index contributed by atoms with van der Waals surface area (Å²) in [6, 6.07) is -0.504. The molecular formula is C23H32O3S. The van der Waals surface area contributed by atoms with Crippen LogP contribution >= 0.6 is 11.8 Å². The molecule has 148 valence electrons. The zero-order chi connectivity index (χ0) is 25.3. The van der Waals surface area contributed by atoms with Gasteiger partial charge in [0, 0.05) is 31.6 Å². The minimum Gasteiger partial charge on any atom is -0.458 e. The summed E-state index contributed by atoms with van der Waals surface area (Å²) in [5.74, 6) is -2.06. The molecule has 1 saturated heterocycles. The van der Waals surface area contributed by atoms with Crippen LogP contribution in [0.15, 0.2) is 11.6 Å². The average molecular weight is 396 g/mol. The van der Waals surface area contributed by atoms with Gasteiger partial charge in [0.25, 0.3) is 0 Å². The molecule has 7 atom stereocenters. The van der Waals surface area contributed by atoms with Gasteiger partial charge < -0.3 is 4.74 Å². The third-order valence-corrected chi connectivity index (χ3v) is 9.50. The molecule has 0 aromatic rings. The summed E-state index contributed by atoms with van der Waals surface area (Å²) in [4.78, 5) is 25.1. The highest BCUT2D eigenvalue weighted by atomic mass is 32.2. The standard InChI is InChI=1S/C23H32O3S/c1-21-8-4-15(24)12-14(21)13-18(27-3)20-16(21)5-9-22(2)17(20)6-10-23(22)11-7-19(25)26-23/h12,16-18,20H,4-11,13H2,1-3H3/t16-,17-,18+,20+,21-,22-,23+/m0/s1/i4D2,7D2,12D,13D2. The Morgan fingerprint density at radius 3 is 2.63 bits per heavy atom. The Labute approximate surface area is 176 Å². The van der Waals surface area contributed by atoms with E-state index in [-0.39, 0.29) is 36.2 Å². The van der Waals surface area contributed by atoms with Gasteiger partial charge >= 0.3 is 5.97 Å². The predicted molar refractivity (Wildman–Crippen MR) is 107 cm³/mol. The van der Waals surface area contributed by atoms with Crippen LogP contribution in [0.3, 0.4) is 0 Å². The van der Waals surface area contributed by atoms with Gasteiger partial charge in [0.15, 0.2) is 5.78 Å². The minimum absolute atomic E-state index is 0.0103. The maximum absolute atomic E-state index is 12.7. The topological polar surface area (TPSA) is 43.4 Å². The van der Waals surface area contributed by atoms with Crippen molar-refractivity contribution in [2.45, 2.75) is 82.3 Å². The van der Waals surface area contributed by atoms with Crippen LogP contribution in [-0.4, -0.2) is 28.9 Å². The second-order valence-electron chi connectivity index (χ2n) is 9.42. The van der Waals surface area contributed by atoms with Crippen LogP contribution in [0, 0.1) is 28.6 Å². The second-order valence-corrected chi connectivity index (χ2v) is 10.4. The molecule has 0 radical (unpaired) electrons.